The molecule has 0 radical (unpaired) electrons. The Morgan fingerprint density at radius 1 is 1.47 bits per heavy atom. The van der Waals surface area contributed by atoms with Crippen LogP contribution < -0.4 is 11.1 Å². The molecule has 3 N–H and O–H groups in total. The normalized spacial score (nSPS) is 24.2. The first-order valence-electron chi connectivity index (χ1n) is 5.24. The molecule has 8 heteroatoms. The lowest BCUT2D eigenvalue weighted by Gasteiger charge is -2.07. The van der Waals surface area contributed by atoms with Gasteiger partial charge >= 0.3 is 0 Å². The maximum atomic E-state index is 12.2. The first kappa shape index (κ1) is 12.3. The van der Waals surface area contributed by atoms with Gasteiger partial charge in [0.05, 0.1) is 0 Å². The van der Waals surface area contributed by atoms with Gasteiger partial charge in [-0.25, -0.2) is 8.78 Å². The van der Waals surface area contributed by atoms with E-state index >= 15 is 0 Å². The molecule has 5 nitrogen and oxygen atoms in total. The molecular weight excluding hydrogens is 250 g/mol. The molecule has 0 saturated heterocycles. The average Bonchev–Trinajstić information content (AvgIpc) is 2.86. The lowest BCUT2D eigenvalue weighted by atomic mass is 10.1. The van der Waals surface area contributed by atoms with Gasteiger partial charge in [0.2, 0.25) is 11.0 Å². The van der Waals surface area contributed by atoms with Gasteiger partial charge in [-0.1, -0.05) is 11.3 Å². The SMILES string of the molecule is NC1CCC(C(=O)Nc2nnc(C(F)F)s2)C1. The molecule has 1 saturated carbocycles. The Kier molecular flexibility index (Phi) is 3.63. The molecule has 2 atom stereocenters. The van der Waals surface area contributed by atoms with E-state index in [2.05, 4.69) is 15.5 Å². The molecule has 1 fully saturated rings. The van der Waals surface area contributed by atoms with E-state index in [-0.39, 0.29) is 28.0 Å². The number of nitrogens with two attached hydrogens (primary N) is 1. The van der Waals surface area contributed by atoms with E-state index in [1.807, 2.05) is 0 Å². The van der Waals surface area contributed by atoms with Gasteiger partial charge in [-0.15, -0.1) is 10.2 Å². The predicted octanol–water partition coefficient (Wildman–Crippen LogP) is 1.54. The second-order valence-corrected chi connectivity index (χ2v) is 5.01. The summed E-state index contributed by atoms with van der Waals surface area (Å²) in [6.07, 6.45) is -0.478. The van der Waals surface area contributed by atoms with Crippen molar-refractivity contribution in [2.75, 3.05) is 5.32 Å². The smallest absolute Gasteiger partial charge is 0.291 e. The fourth-order valence-electron chi connectivity index (χ4n) is 1.84. The Hall–Kier alpha value is -1.15. The first-order chi connectivity index (χ1) is 8.06. The van der Waals surface area contributed by atoms with Crippen molar-refractivity contribution in [3.8, 4) is 0 Å². The molecule has 0 spiro atoms. The number of carbonyl (C=O) groups excluding carboxylic acids is 1. The third-order valence-electron chi connectivity index (χ3n) is 2.70. The fraction of sp³-hybridized carbons (Fsp3) is 0.667. The summed E-state index contributed by atoms with van der Waals surface area (Å²) in [6, 6.07) is 0.0526. The van der Waals surface area contributed by atoms with Gasteiger partial charge in [-0.05, 0) is 19.3 Å². The van der Waals surface area contributed by atoms with Crippen LogP contribution in [0.15, 0.2) is 0 Å². The van der Waals surface area contributed by atoms with Crippen LogP contribution in [0.2, 0.25) is 0 Å². The number of nitrogens with zero attached hydrogens (tertiary/aromatic N) is 2. The molecular formula is C9H12F2N4OS. The average molecular weight is 262 g/mol. The highest BCUT2D eigenvalue weighted by Gasteiger charge is 2.28. The fourth-order valence-corrected chi connectivity index (χ4v) is 2.44. The van der Waals surface area contributed by atoms with Crippen LogP contribution in [0.4, 0.5) is 13.9 Å². The van der Waals surface area contributed by atoms with Crippen molar-refractivity contribution in [3.63, 3.8) is 0 Å². The molecule has 1 aliphatic rings. The molecule has 1 aliphatic carbocycles. The minimum atomic E-state index is -2.65. The van der Waals surface area contributed by atoms with Gasteiger partial charge in [0.15, 0.2) is 5.01 Å². The number of hydrogen-bond donors (Lipinski definition) is 2. The quantitative estimate of drug-likeness (QED) is 0.865. The van der Waals surface area contributed by atoms with Crippen molar-refractivity contribution in [2.24, 2.45) is 11.7 Å². The number of anilines is 1. The number of hydrogen-bond acceptors (Lipinski definition) is 5. The number of alkyl halides is 2. The third kappa shape index (κ3) is 2.95. The van der Waals surface area contributed by atoms with Crippen molar-refractivity contribution >= 4 is 22.4 Å². The zero-order valence-electron chi connectivity index (χ0n) is 8.90. The molecule has 0 bridgehead atoms. The van der Waals surface area contributed by atoms with Crippen molar-refractivity contribution in [2.45, 2.75) is 31.7 Å². The van der Waals surface area contributed by atoms with Crippen LogP contribution in [0.5, 0.6) is 0 Å². The summed E-state index contributed by atoms with van der Waals surface area (Å²) in [7, 11) is 0. The lowest BCUT2D eigenvalue weighted by Crippen LogP contribution is -2.23. The Labute approximate surface area is 100 Å². The maximum absolute atomic E-state index is 12.2. The molecule has 2 unspecified atom stereocenters. The molecule has 17 heavy (non-hydrogen) atoms. The molecule has 1 aromatic heterocycles. The predicted molar refractivity (Wildman–Crippen MR) is 58.8 cm³/mol. The van der Waals surface area contributed by atoms with E-state index in [1.54, 1.807) is 0 Å². The van der Waals surface area contributed by atoms with E-state index in [0.29, 0.717) is 17.8 Å². The van der Waals surface area contributed by atoms with Gasteiger partial charge < -0.3 is 11.1 Å². The maximum Gasteiger partial charge on any atom is 0.291 e. The summed E-state index contributed by atoms with van der Waals surface area (Å²) >= 11 is 0.693. The highest BCUT2D eigenvalue weighted by Crippen LogP contribution is 2.28. The molecule has 2 rings (SSSR count). The van der Waals surface area contributed by atoms with E-state index < -0.39 is 6.43 Å². The number of amides is 1. The zero-order chi connectivity index (χ0) is 12.4. The molecule has 1 aromatic rings. The highest BCUT2D eigenvalue weighted by molar-refractivity contribution is 7.15. The van der Waals surface area contributed by atoms with Crippen molar-refractivity contribution in [1.29, 1.82) is 0 Å². The molecule has 94 valence electrons. The van der Waals surface area contributed by atoms with Crippen molar-refractivity contribution < 1.29 is 13.6 Å². The lowest BCUT2D eigenvalue weighted by molar-refractivity contribution is -0.119. The third-order valence-corrected chi connectivity index (χ3v) is 3.55. The summed E-state index contributed by atoms with van der Waals surface area (Å²) in [5.74, 6) is -0.362. The standard InChI is InChI=1S/C9H12F2N4OS/c10-6(11)8-14-15-9(17-8)13-7(16)4-1-2-5(12)3-4/h4-6H,1-3,12H2,(H,13,15,16). The Bertz CT molecular complexity index is 411. The van der Waals surface area contributed by atoms with Crippen LogP contribution >= 0.6 is 11.3 Å². The molecule has 0 aromatic carbocycles. The van der Waals surface area contributed by atoms with Crippen LogP contribution in [0, 0.1) is 5.92 Å². The second-order valence-electron chi connectivity index (χ2n) is 4.01. The summed E-state index contributed by atoms with van der Waals surface area (Å²) < 4.78 is 24.5. The highest BCUT2D eigenvalue weighted by atomic mass is 32.1. The van der Waals surface area contributed by atoms with Crippen LogP contribution in [0.1, 0.15) is 30.7 Å². The molecule has 1 heterocycles. The van der Waals surface area contributed by atoms with Gasteiger partial charge in [0, 0.05) is 12.0 Å². The van der Waals surface area contributed by atoms with Crippen LogP contribution in [-0.2, 0) is 4.79 Å². The van der Waals surface area contributed by atoms with Gasteiger partial charge in [-0.3, -0.25) is 4.79 Å². The monoisotopic (exact) mass is 262 g/mol. The topological polar surface area (TPSA) is 80.9 Å². The summed E-state index contributed by atoms with van der Waals surface area (Å²) in [5.41, 5.74) is 5.70. The second kappa shape index (κ2) is 5.01. The number of carbonyl (C=O) groups is 1. The molecule has 1 amide bonds. The van der Waals surface area contributed by atoms with Gasteiger partial charge in [-0.2, -0.15) is 0 Å². The minimum Gasteiger partial charge on any atom is -0.328 e. The minimum absolute atomic E-state index is 0.0526. The van der Waals surface area contributed by atoms with Crippen LogP contribution in [0.3, 0.4) is 0 Å². The van der Waals surface area contributed by atoms with Crippen molar-refractivity contribution in [3.05, 3.63) is 5.01 Å². The van der Waals surface area contributed by atoms with E-state index in [4.69, 9.17) is 5.73 Å². The van der Waals surface area contributed by atoms with Gasteiger partial charge in [0.1, 0.15) is 0 Å². The Balaban J connectivity index is 1.93. The summed E-state index contributed by atoms with van der Waals surface area (Å²) in [6.45, 7) is 0. The number of nitrogens with one attached hydrogen (secondary N) is 1. The Morgan fingerprint density at radius 2 is 2.24 bits per heavy atom. The van der Waals surface area contributed by atoms with Crippen LogP contribution in [-0.4, -0.2) is 22.1 Å². The van der Waals surface area contributed by atoms with E-state index in [0.717, 1.165) is 12.8 Å². The summed E-state index contributed by atoms with van der Waals surface area (Å²) in [5, 5.41) is 9.01. The number of halogens is 2. The zero-order valence-corrected chi connectivity index (χ0v) is 9.71. The van der Waals surface area contributed by atoms with Crippen molar-refractivity contribution in [1.82, 2.24) is 10.2 Å². The largest absolute Gasteiger partial charge is 0.328 e. The first-order valence-corrected chi connectivity index (χ1v) is 6.06. The Morgan fingerprint density at radius 3 is 2.76 bits per heavy atom. The van der Waals surface area contributed by atoms with E-state index in [9.17, 15) is 13.6 Å². The van der Waals surface area contributed by atoms with E-state index in [1.165, 1.54) is 0 Å². The van der Waals surface area contributed by atoms with Gasteiger partial charge in [0.25, 0.3) is 6.43 Å². The number of aromatic nitrogens is 2. The molecule has 0 aliphatic heterocycles. The number of rotatable bonds is 3. The summed E-state index contributed by atoms with van der Waals surface area (Å²) in [4.78, 5) is 11.7. The van der Waals surface area contributed by atoms with Crippen LogP contribution in [0.25, 0.3) is 0 Å².